The molecule has 0 aliphatic rings. The summed E-state index contributed by atoms with van der Waals surface area (Å²) < 4.78 is 27.4. The topological polar surface area (TPSA) is 95.9 Å². The van der Waals surface area contributed by atoms with Crippen LogP contribution in [0.4, 0.5) is 5.69 Å². The highest BCUT2D eigenvalue weighted by Gasteiger charge is 2.14. The van der Waals surface area contributed by atoms with E-state index in [1.807, 2.05) is 25.3 Å². The van der Waals surface area contributed by atoms with Crippen LogP contribution in [-0.2, 0) is 11.3 Å². The molecule has 23 heavy (non-hydrogen) atoms. The Labute approximate surface area is 140 Å². The van der Waals surface area contributed by atoms with E-state index in [0.717, 1.165) is 10.5 Å². The summed E-state index contributed by atoms with van der Waals surface area (Å²) in [4.78, 5) is 12.5. The van der Waals surface area contributed by atoms with Gasteiger partial charge in [0.15, 0.2) is 0 Å². The number of aryl methyl sites for hydroxylation is 1. The zero-order valence-corrected chi connectivity index (χ0v) is 14.0. The first-order chi connectivity index (χ1) is 10.9. The van der Waals surface area contributed by atoms with Crippen LogP contribution in [0.3, 0.4) is 0 Å². The van der Waals surface area contributed by atoms with E-state index < -0.39 is 17.2 Å². The molecule has 8 heteroatoms. The summed E-state index contributed by atoms with van der Waals surface area (Å²) in [5.74, 6) is -0.512. The summed E-state index contributed by atoms with van der Waals surface area (Å²) in [6.45, 7) is 1.94. The summed E-state index contributed by atoms with van der Waals surface area (Å²) in [6, 6.07) is 9.65. The van der Waals surface area contributed by atoms with E-state index in [0.29, 0.717) is 5.75 Å². The van der Waals surface area contributed by atoms with E-state index in [4.69, 9.17) is 9.29 Å². The molecule has 0 radical (unpaired) electrons. The van der Waals surface area contributed by atoms with Crippen molar-refractivity contribution in [2.24, 2.45) is 0 Å². The number of ether oxygens (including phenoxy) is 1. The third-order valence-corrected chi connectivity index (χ3v) is 4.32. The molecular weight excluding hydrogens is 338 g/mol. The lowest BCUT2D eigenvalue weighted by Crippen LogP contribution is -2.05. The quantitative estimate of drug-likeness (QED) is 0.541. The zero-order valence-electron chi connectivity index (χ0n) is 12.4. The monoisotopic (exact) mass is 353 g/mol. The van der Waals surface area contributed by atoms with Gasteiger partial charge in [0.05, 0.1) is 0 Å². The molecule has 2 aromatic carbocycles. The van der Waals surface area contributed by atoms with Gasteiger partial charge in [-0.3, -0.25) is 9.27 Å². The van der Waals surface area contributed by atoms with Crippen LogP contribution >= 0.6 is 11.8 Å². The minimum absolute atomic E-state index is 0.105. The van der Waals surface area contributed by atoms with Crippen molar-refractivity contribution in [2.75, 3.05) is 11.0 Å². The molecule has 0 aromatic heterocycles. The van der Waals surface area contributed by atoms with Crippen molar-refractivity contribution in [1.82, 2.24) is 0 Å². The fraction of sp³-hybridized carbons (Fsp3) is 0.133. The summed E-state index contributed by atoms with van der Waals surface area (Å²) >= 11 is -0.660. The number of benzene rings is 2. The third-order valence-electron chi connectivity index (χ3n) is 3.01. The maximum absolute atomic E-state index is 11.4. The minimum atomic E-state index is -2.28. The number of carbonyl (C=O) groups is 1. The molecule has 2 rings (SSSR count). The van der Waals surface area contributed by atoms with Gasteiger partial charge in [0.1, 0.15) is 17.1 Å². The summed E-state index contributed by atoms with van der Waals surface area (Å²) in [7, 11) is 0. The van der Waals surface area contributed by atoms with E-state index in [1.54, 1.807) is 17.8 Å². The number of thioether (sulfide) groups is 1. The van der Waals surface area contributed by atoms with Crippen LogP contribution in [0, 0.1) is 6.92 Å². The minimum Gasteiger partial charge on any atom is -0.478 e. The lowest BCUT2D eigenvalue weighted by Gasteiger charge is -2.12. The average Bonchev–Trinajstić information content (AvgIpc) is 2.48. The number of anilines is 1. The van der Waals surface area contributed by atoms with Crippen LogP contribution < -0.4 is 9.46 Å². The Morgan fingerprint density at radius 2 is 2.00 bits per heavy atom. The molecular formula is C15H15NO5S2. The van der Waals surface area contributed by atoms with Gasteiger partial charge in [-0.15, -0.1) is 11.8 Å². The first-order valence-electron chi connectivity index (χ1n) is 6.48. The van der Waals surface area contributed by atoms with E-state index >= 15 is 0 Å². The second-order valence-electron chi connectivity index (χ2n) is 4.60. The molecule has 0 fully saturated rings. The summed E-state index contributed by atoms with van der Waals surface area (Å²) in [5.41, 5.74) is 1.14. The fourth-order valence-corrected chi connectivity index (χ4v) is 2.91. The van der Waals surface area contributed by atoms with E-state index in [-0.39, 0.29) is 17.0 Å². The molecule has 1 atom stereocenters. The Balaban J connectivity index is 2.33. The van der Waals surface area contributed by atoms with Crippen LogP contribution in [0.25, 0.3) is 0 Å². The van der Waals surface area contributed by atoms with Gasteiger partial charge in [0, 0.05) is 10.6 Å². The van der Waals surface area contributed by atoms with Crippen molar-refractivity contribution in [1.29, 1.82) is 0 Å². The molecule has 3 N–H and O–H groups in total. The number of carboxylic acids is 1. The van der Waals surface area contributed by atoms with Crippen molar-refractivity contribution in [2.45, 2.75) is 11.8 Å². The molecule has 2 aromatic rings. The Morgan fingerprint density at radius 3 is 2.57 bits per heavy atom. The van der Waals surface area contributed by atoms with Gasteiger partial charge in [-0.25, -0.2) is 9.00 Å². The van der Waals surface area contributed by atoms with Gasteiger partial charge in [-0.05, 0) is 55.1 Å². The van der Waals surface area contributed by atoms with Gasteiger partial charge >= 0.3 is 5.97 Å². The van der Waals surface area contributed by atoms with Gasteiger partial charge in [0.2, 0.25) is 0 Å². The highest BCUT2D eigenvalue weighted by molar-refractivity contribution is 7.98. The first kappa shape index (κ1) is 17.3. The summed E-state index contributed by atoms with van der Waals surface area (Å²) in [5, 5.41) is 9.29. The second kappa shape index (κ2) is 7.49. The predicted octanol–water partition coefficient (Wildman–Crippen LogP) is 3.76. The molecule has 1 unspecified atom stereocenters. The van der Waals surface area contributed by atoms with Crippen LogP contribution in [0.5, 0.6) is 11.5 Å². The van der Waals surface area contributed by atoms with Crippen molar-refractivity contribution in [3.05, 3.63) is 47.5 Å². The van der Waals surface area contributed by atoms with Crippen molar-refractivity contribution < 1.29 is 23.4 Å². The van der Waals surface area contributed by atoms with Crippen molar-refractivity contribution in [3.8, 4) is 11.5 Å². The van der Waals surface area contributed by atoms with Crippen molar-refractivity contribution in [3.63, 3.8) is 0 Å². The first-order valence-corrected chi connectivity index (χ1v) is 8.81. The van der Waals surface area contributed by atoms with Crippen molar-refractivity contribution >= 4 is 34.7 Å². The maximum atomic E-state index is 11.4. The predicted molar refractivity (Wildman–Crippen MR) is 90.8 cm³/mol. The van der Waals surface area contributed by atoms with E-state index in [9.17, 15) is 14.1 Å². The molecule has 0 bridgehead atoms. The number of nitrogens with one attached hydrogen (secondary N) is 1. The number of rotatable bonds is 6. The number of aromatic carboxylic acids is 1. The number of carboxylic acid groups (broad SMARTS) is 1. The smallest absolute Gasteiger partial charge is 0.339 e. The van der Waals surface area contributed by atoms with Crippen LogP contribution in [0.15, 0.2) is 41.3 Å². The fourth-order valence-electron chi connectivity index (χ4n) is 1.99. The molecule has 122 valence electrons. The molecule has 6 nitrogen and oxygen atoms in total. The van der Waals surface area contributed by atoms with Gasteiger partial charge in [0.25, 0.3) is 11.3 Å². The molecule has 0 heterocycles. The normalized spacial score (nSPS) is 11.8. The molecule has 0 saturated heterocycles. The molecule has 0 aliphatic carbocycles. The highest BCUT2D eigenvalue weighted by Crippen LogP contribution is 2.31. The largest absolute Gasteiger partial charge is 0.478 e. The van der Waals surface area contributed by atoms with Crippen LogP contribution in [-0.4, -0.2) is 26.1 Å². The number of hydrogen-bond donors (Lipinski definition) is 3. The van der Waals surface area contributed by atoms with Crippen LogP contribution in [0.2, 0.25) is 0 Å². The SMILES string of the molecule is CSc1ccc(Oc2ccc(NS(=O)O)cc2C(=O)O)cc1C. The average molecular weight is 353 g/mol. The van der Waals surface area contributed by atoms with Gasteiger partial charge in [-0.1, -0.05) is 0 Å². The van der Waals surface area contributed by atoms with Gasteiger partial charge < -0.3 is 9.84 Å². The standard InChI is InChI=1S/C15H15NO5S2/c1-9-7-11(4-6-14(9)22-2)21-13-5-3-10(16-23(19)20)8-12(13)15(17)18/h3-8,16H,1-2H3,(H,17,18)(H,19,20). The Kier molecular flexibility index (Phi) is 5.64. The lowest BCUT2D eigenvalue weighted by atomic mass is 10.1. The maximum Gasteiger partial charge on any atom is 0.339 e. The molecule has 0 spiro atoms. The van der Waals surface area contributed by atoms with E-state index in [2.05, 4.69) is 4.72 Å². The Hall–Kier alpha value is -2.03. The van der Waals surface area contributed by atoms with Crippen LogP contribution in [0.1, 0.15) is 15.9 Å². The summed E-state index contributed by atoms with van der Waals surface area (Å²) in [6.07, 6.45) is 1.97. The molecule has 0 aliphatic heterocycles. The number of hydrogen-bond acceptors (Lipinski definition) is 4. The van der Waals surface area contributed by atoms with Gasteiger partial charge in [-0.2, -0.15) is 0 Å². The zero-order chi connectivity index (χ0) is 17.0. The highest BCUT2D eigenvalue weighted by atomic mass is 32.2. The van der Waals surface area contributed by atoms with E-state index in [1.165, 1.54) is 18.2 Å². The second-order valence-corrected chi connectivity index (χ2v) is 6.15. The Bertz CT molecular complexity index is 764. The third kappa shape index (κ3) is 4.47. The molecule has 0 saturated carbocycles. The molecule has 0 amide bonds. The Morgan fingerprint density at radius 1 is 1.26 bits per heavy atom. The lowest BCUT2D eigenvalue weighted by molar-refractivity contribution is 0.0694.